The third-order valence-corrected chi connectivity index (χ3v) is 9.37. The van der Waals surface area contributed by atoms with Crippen LogP contribution in [0.3, 0.4) is 0 Å². The van der Waals surface area contributed by atoms with Gasteiger partial charge in [-0.05, 0) is 93.7 Å². The molecule has 2 saturated carbocycles. The molecular formula is C29H39N3O3. The zero-order valence-corrected chi connectivity index (χ0v) is 21.3. The second kappa shape index (κ2) is 8.74. The molecule has 6 heteroatoms. The Labute approximate surface area is 209 Å². The third-order valence-electron chi connectivity index (χ3n) is 9.37. The molecule has 0 bridgehead atoms. The van der Waals surface area contributed by atoms with Crippen molar-refractivity contribution in [1.29, 1.82) is 0 Å². The third kappa shape index (κ3) is 3.96. The van der Waals surface area contributed by atoms with Gasteiger partial charge in [0.25, 0.3) is 0 Å². The molecule has 35 heavy (non-hydrogen) atoms. The smallest absolute Gasteiger partial charge is 0.321 e. The topological polar surface area (TPSA) is 79.0 Å². The van der Waals surface area contributed by atoms with Crippen LogP contribution in [-0.2, 0) is 12.1 Å². The summed E-state index contributed by atoms with van der Waals surface area (Å²) in [7, 11) is 1.67. The number of phenolic OH excluding ortho intramolecular Hbond substituents is 1. The Kier molecular flexibility index (Phi) is 5.99. The number of carbonyl (C=O) groups is 1. The van der Waals surface area contributed by atoms with Crippen molar-refractivity contribution >= 4 is 6.03 Å². The first kappa shape index (κ1) is 24.0. The van der Waals surface area contributed by atoms with E-state index in [9.17, 15) is 9.90 Å². The molecule has 1 aliphatic heterocycles. The molecule has 1 saturated heterocycles. The summed E-state index contributed by atoms with van der Waals surface area (Å²) in [6.45, 7) is 5.93. The van der Waals surface area contributed by atoms with Crippen molar-refractivity contribution in [2.45, 2.75) is 82.0 Å². The lowest BCUT2D eigenvalue weighted by Gasteiger charge is -2.53. The minimum absolute atomic E-state index is 0.159. The average Bonchev–Trinajstić information content (AvgIpc) is 2.97. The number of benzene rings is 2. The van der Waals surface area contributed by atoms with Crippen molar-refractivity contribution in [1.82, 2.24) is 9.80 Å². The predicted octanol–water partition coefficient (Wildman–Crippen LogP) is 5.38. The van der Waals surface area contributed by atoms with E-state index in [0.717, 1.165) is 49.1 Å². The molecule has 0 radical (unpaired) electrons. The Balaban J connectivity index is 1.44. The fourth-order valence-electron chi connectivity index (χ4n) is 6.59. The second-order valence-corrected chi connectivity index (χ2v) is 11.4. The van der Waals surface area contributed by atoms with Crippen LogP contribution in [0, 0.1) is 5.92 Å². The summed E-state index contributed by atoms with van der Waals surface area (Å²) in [5.74, 6) is 1.69. The highest BCUT2D eigenvalue weighted by molar-refractivity contribution is 5.80. The van der Waals surface area contributed by atoms with E-state index in [1.807, 2.05) is 24.3 Å². The van der Waals surface area contributed by atoms with Gasteiger partial charge in [0.1, 0.15) is 11.5 Å². The van der Waals surface area contributed by atoms with Gasteiger partial charge in [0.2, 0.25) is 0 Å². The number of hydrogen-bond donors (Lipinski definition) is 2. The lowest BCUT2D eigenvalue weighted by molar-refractivity contribution is 0.00540. The SMILES string of the molecule is COc1ccc(CN2C(=O)N(CC3CCC3)C3(CCC(N)(c4ccc(O)cc4)CC3)C2(C)C)cc1. The molecule has 1 spiro atoms. The number of aromatic hydroxyl groups is 1. The molecule has 0 atom stereocenters. The highest BCUT2D eigenvalue weighted by atomic mass is 16.5. The number of methoxy groups -OCH3 is 1. The molecule has 5 rings (SSSR count). The summed E-state index contributed by atoms with van der Waals surface area (Å²) < 4.78 is 5.32. The fraction of sp³-hybridized carbons (Fsp3) is 0.552. The zero-order valence-electron chi connectivity index (χ0n) is 21.3. The Bertz CT molecular complexity index is 1050. The normalized spacial score (nSPS) is 28.4. The fourth-order valence-corrected chi connectivity index (χ4v) is 6.59. The minimum Gasteiger partial charge on any atom is -0.508 e. The van der Waals surface area contributed by atoms with Gasteiger partial charge in [0, 0.05) is 18.6 Å². The highest BCUT2D eigenvalue weighted by Gasteiger charge is 2.63. The molecule has 3 fully saturated rings. The average molecular weight is 478 g/mol. The largest absolute Gasteiger partial charge is 0.508 e. The van der Waals surface area contributed by atoms with E-state index < -0.39 is 5.54 Å². The first-order valence-electron chi connectivity index (χ1n) is 13.0. The quantitative estimate of drug-likeness (QED) is 0.585. The van der Waals surface area contributed by atoms with Gasteiger partial charge in [-0.3, -0.25) is 0 Å². The maximum Gasteiger partial charge on any atom is 0.321 e. The van der Waals surface area contributed by atoms with E-state index in [0.29, 0.717) is 12.5 Å². The lowest BCUT2D eigenvalue weighted by Crippen LogP contribution is -2.62. The summed E-state index contributed by atoms with van der Waals surface area (Å²) in [6, 6.07) is 15.5. The van der Waals surface area contributed by atoms with Crippen LogP contribution < -0.4 is 10.5 Å². The predicted molar refractivity (Wildman–Crippen MR) is 137 cm³/mol. The number of phenols is 1. The van der Waals surface area contributed by atoms with Crippen molar-refractivity contribution < 1.29 is 14.6 Å². The maximum absolute atomic E-state index is 14.0. The molecular weight excluding hydrogens is 438 g/mol. The van der Waals surface area contributed by atoms with Crippen molar-refractivity contribution in [2.24, 2.45) is 11.7 Å². The first-order valence-corrected chi connectivity index (χ1v) is 13.0. The summed E-state index contributed by atoms with van der Waals surface area (Å²) >= 11 is 0. The van der Waals surface area contributed by atoms with Crippen LogP contribution in [0.15, 0.2) is 48.5 Å². The van der Waals surface area contributed by atoms with Gasteiger partial charge in [-0.15, -0.1) is 0 Å². The molecule has 6 nitrogen and oxygen atoms in total. The van der Waals surface area contributed by atoms with Crippen molar-refractivity contribution in [3.05, 3.63) is 59.7 Å². The van der Waals surface area contributed by atoms with Crippen molar-refractivity contribution in [3.8, 4) is 11.5 Å². The molecule has 3 aliphatic rings. The standard InChI is InChI=1S/C29H39N3O3/c1-27(2)29(17-15-28(30,16-18-29)23-9-11-24(33)12-10-23)32(20-21-5-4-6-21)26(34)31(27)19-22-7-13-25(35-3)14-8-22/h7-14,21,33H,4-6,15-20,30H2,1-3H3. The molecule has 2 aromatic carbocycles. The van der Waals surface area contributed by atoms with E-state index in [1.54, 1.807) is 19.2 Å². The number of nitrogens with zero attached hydrogens (tertiary/aromatic N) is 2. The number of rotatable bonds is 6. The molecule has 1 heterocycles. The number of carbonyl (C=O) groups excluding carboxylic acids is 1. The van der Waals surface area contributed by atoms with Gasteiger partial charge in [0.05, 0.1) is 18.2 Å². The molecule has 0 unspecified atom stereocenters. The summed E-state index contributed by atoms with van der Waals surface area (Å²) in [5.41, 5.74) is 8.12. The number of hydrogen-bond acceptors (Lipinski definition) is 4. The second-order valence-electron chi connectivity index (χ2n) is 11.4. The van der Waals surface area contributed by atoms with Crippen LogP contribution in [0.4, 0.5) is 4.79 Å². The molecule has 188 valence electrons. The highest BCUT2D eigenvalue weighted by Crippen LogP contribution is 2.54. The van der Waals surface area contributed by atoms with Crippen LogP contribution in [0.25, 0.3) is 0 Å². The van der Waals surface area contributed by atoms with Crippen molar-refractivity contribution in [2.75, 3.05) is 13.7 Å². The van der Waals surface area contributed by atoms with Gasteiger partial charge in [-0.2, -0.15) is 0 Å². The van der Waals surface area contributed by atoms with E-state index in [2.05, 4.69) is 35.8 Å². The van der Waals surface area contributed by atoms with Crippen molar-refractivity contribution in [3.63, 3.8) is 0 Å². The molecule has 3 N–H and O–H groups in total. The molecule has 2 aliphatic carbocycles. The van der Waals surface area contributed by atoms with Gasteiger partial charge in [0.15, 0.2) is 0 Å². The lowest BCUT2D eigenvalue weighted by atomic mass is 9.63. The zero-order chi connectivity index (χ0) is 24.8. The Hall–Kier alpha value is -2.73. The van der Waals surface area contributed by atoms with E-state index in [-0.39, 0.29) is 22.9 Å². The number of nitrogens with two attached hydrogens (primary N) is 1. The van der Waals surface area contributed by atoms with Crippen LogP contribution in [0.2, 0.25) is 0 Å². The molecule has 0 aromatic heterocycles. The van der Waals surface area contributed by atoms with Gasteiger partial charge >= 0.3 is 6.03 Å². The Morgan fingerprint density at radius 3 is 2.14 bits per heavy atom. The number of ether oxygens (including phenoxy) is 1. The van der Waals surface area contributed by atoms with Gasteiger partial charge < -0.3 is 25.4 Å². The van der Waals surface area contributed by atoms with Crippen LogP contribution >= 0.6 is 0 Å². The van der Waals surface area contributed by atoms with E-state index in [1.165, 1.54) is 19.3 Å². The summed E-state index contributed by atoms with van der Waals surface area (Å²) in [5, 5.41) is 9.73. The monoisotopic (exact) mass is 477 g/mol. The summed E-state index contributed by atoms with van der Waals surface area (Å²) in [6.07, 6.45) is 7.06. The van der Waals surface area contributed by atoms with Crippen LogP contribution in [0.5, 0.6) is 11.5 Å². The first-order chi connectivity index (χ1) is 16.7. The maximum atomic E-state index is 14.0. The Morgan fingerprint density at radius 2 is 1.60 bits per heavy atom. The Morgan fingerprint density at radius 1 is 0.971 bits per heavy atom. The van der Waals surface area contributed by atoms with Gasteiger partial charge in [-0.25, -0.2) is 4.79 Å². The van der Waals surface area contributed by atoms with Gasteiger partial charge in [-0.1, -0.05) is 30.7 Å². The molecule has 2 amide bonds. The number of urea groups is 1. The van der Waals surface area contributed by atoms with Crippen LogP contribution in [0.1, 0.15) is 69.9 Å². The van der Waals surface area contributed by atoms with E-state index >= 15 is 0 Å². The minimum atomic E-state index is -0.441. The number of amides is 2. The van der Waals surface area contributed by atoms with Crippen LogP contribution in [-0.4, -0.2) is 45.7 Å². The summed E-state index contributed by atoms with van der Waals surface area (Å²) in [4.78, 5) is 18.4. The molecule has 2 aromatic rings. The van der Waals surface area contributed by atoms with E-state index in [4.69, 9.17) is 10.5 Å².